The van der Waals surface area contributed by atoms with Gasteiger partial charge in [0.1, 0.15) is 0 Å². The summed E-state index contributed by atoms with van der Waals surface area (Å²) in [6.45, 7) is 7.14. The number of hydrogen-bond acceptors (Lipinski definition) is 4. The van der Waals surface area contributed by atoms with E-state index in [4.69, 9.17) is 15.2 Å². The lowest BCUT2D eigenvalue weighted by Crippen LogP contribution is -2.54. The van der Waals surface area contributed by atoms with Gasteiger partial charge in [-0.15, -0.1) is 0 Å². The fourth-order valence-corrected chi connectivity index (χ4v) is 2.37. The van der Waals surface area contributed by atoms with E-state index in [1.54, 1.807) is 14.2 Å². The number of nitrogens with two attached hydrogens (primary N) is 1. The summed E-state index contributed by atoms with van der Waals surface area (Å²) in [6.07, 6.45) is 1.24. The van der Waals surface area contributed by atoms with Gasteiger partial charge in [0.15, 0.2) is 0 Å². The third-order valence-corrected chi connectivity index (χ3v) is 3.89. The number of likely N-dealkylation sites (tertiary alicyclic amines) is 1. The highest BCUT2D eigenvalue weighted by molar-refractivity contribution is 4.87. The SMILES string of the molecule is COCC(CN1CCC(N)C(C)C1C)OC. The Morgan fingerprint density at radius 1 is 1.38 bits per heavy atom. The van der Waals surface area contributed by atoms with Gasteiger partial charge in [-0.1, -0.05) is 6.92 Å². The summed E-state index contributed by atoms with van der Waals surface area (Å²) in [5.41, 5.74) is 6.07. The Balaban J connectivity index is 2.47. The first kappa shape index (κ1) is 13.9. The van der Waals surface area contributed by atoms with Crippen molar-refractivity contribution >= 4 is 0 Å². The molecule has 4 unspecified atom stereocenters. The molecule has 0 aromatic carbocycles. The number of rotatable bonds is 5. The zero-order chi connectivity index (χ0) is 12.1. The van der Waals surface area contributed by atoms with Crippen LogP contribution in [0.2, 0.25) is 0 Å². The lowest BCUT2D eigenvalue weighted by atomic mass is 9.87. The number of ether oxygens (including phenoxy) is 2. The summed E-state index contributed by atoms with van der Waals surface area (Å²) in [6, 6.07) is 0.868. The van der Waals surface area contributed by atoms with Crippen LogP contribution in [-0.4, -0.2) is 57.0 Å². The minimum atomic E-state index is 0.161. The molecule has 0 bridgehead atoms. The van der Waals surface area contributed by atoms with Crippen molar-refractivity contribution in [3.63, 3.8) is 0 Å². The lowest BCUT2D eigenvalue weighted by Gasteiger charge is -2.42. The Bertz CT molecular complexity index is 201. The second-order valence-electron chi connectivity index (χ2n) is 4.86. The minimum Gasteiger partial charge on any atom is -0.382 e. The number of piperidine rings is 1. The third kappa shape index (κ3) is 3.42. The molecule has 0 aromatic heterocycles. The molecule has 0 radical (unpaired) electrons. The predicted octanol–water partition coefficient (Wildman–Crippen LogP) is 0.705. The molecule has 1 rings (SSSR count). The van der Waals surface area contributed by atoms with Crippen LogP contribution in [0.5, 0.6) is 0 Å². The van der Waals surface area contributed by atoms with E-state index in [0.29, 0.717) is 24.6 Å². The molecule has 0 spiro atoms. The number of methoxy groups -OCH3 is 2. The van der Waals surface area contributed by atoms with Crippen molar-refractivity contribution in [2.45, 2.75) is 38.5 Å². The van der Waals surface area contributed by atoms with Crippen molar-refractivity contribution < 1.29 is 9.47 Å². The maximum atomic E-state index is 6.07. The van der Waals surface area contributed by atoms with Gasteiger partial charge in [0.05, 0.1) is 12.7 Å². The van der Waals surface area contributed by atoms with Crippen molar-refractivity contribution in [1.82, 2.24) is 4.90 Å². The van der Waals surface area contributed by atoms with Gasteiger partial charge in [-0.25, -0.2) is 0 Å². The van der Waals surface area contributed by atoms with Crippen LogP contribution in [0.1, 0.15) is 20.3 Å². The highest BCUT2D eigenvalue weighted by Gasteiger charge is 2.31. The first-order valence-corrected chi connectivity index (χ1v) is 6.11. The summed E-state index contributed by atoms with van der Waals surface area (Å²) in [5.74, 6) is 0.550. The summed E-state index contributed by atoms with van der Waals surface area (Å²) in [7, 11) is 3.46. The van der Waals surface area contributed by atoms with Gasteiger partial charge in [0.25, 0.3) is 0 Å². The van der Waals surface area contributed by atoms with E-state index in [-0.39, 0.29) is 6.10 Å². The molecule has 4 nitrogen and oxygen atoms in total. The van der Waals surface area contributed by atoms with Crippen molar-refractivity contribution in [2.24, 2.45) is 11.7 Å². The van der Waals surface area contributed by atoms with Crippen molar-refractivity contribution in [1.29, 1.82) is 0 Å². The summed E-state index contributed by atoms with van der Waals surface area (Å²) >= 11 is 0. The fraction of sp³-hybridized carbons (Fsp3) is 1.00. The first-order chi connectivity index (χ1) is 7.60. The molecular formula is C12H26N2O2. The average molecular weight is 230 g/mol. The quantitative estimate of drug-likeness (QED) is 0.755. The van der Waals surface area contributed by atoms with E-state index in [0.717, 1.165) is 19.5 Å². The van der Waals surface area contributed by atoms with E-state index >= 15 is 0 Å². The van der Waals surface area contributed by atoms with Crippen LogP contribution in [0.25, 0.3) is 0 Å². The van der Waals surface area contributed by atoms with E-state index in [2.05, 4.69) is 18.7 Å². The van der Waals surface area contributed by atoms with Gasteiger partial charge < -0.3 is 15.2 Å². The van der Waals surface area contributed by atoms with Crippen molar-refractivity contribution in [3.05, 3.63) is 0 Å². The molecule has 0 aromatic rings. The zero-order valence-corrected chi connectivity index (χ0v) is 11.0. The van der Waals surface area contributed by atoms with Crippen LogP contribution in [0.3, 0.4) is 0 Å². The summed E-state index contributed by atoms with van der Waals surface area (Å²) in [4.78, 5) is 2.46. The zero-order valence-electron chi connectivity index (χ0n) is 11.0. The van der Waals surface area contributed by atoms with Gasteiger partial charge in [-0.3, -0.25) is 4.90 Å². The highest BCUT2D eigenvalue weighted by Crippen LogP contribution is 2.22. The Morgan fingerprint density at radius 3 is 2.62 bits per heavy atom. The summed E-state index contributed by atoms with van der Waals surface area (Å²) < 4.78 is 10.5. The Hall–Kier alpha value is -0.160. The largest absolute Gasteiger partial charge is 0.382 e. The van der Waals surface area contributed by atoms with E-state index < -0.39 is 0 Å². The van der Waals surface area contributed by atoms with Gasteiger partial charge in [0, 0.05) is 39.4 Å². The molecular weight excluding hydrogens is 204 g/mol. The third-order valence-electron chi connectivity index (χ3n) is 3.89. The molecule has 1 fully saturated rings. The molecule has 1 aliphatic heterocycles. The van der Waals surface area contributed by atoms with Gasteiger partial charge in [0.2, 0.25) is 0 Å². The van der Waals surface area contributed by atoms with Crippen LogP contribution >= 0.6 is 0 Å². The van der Waals surface area contributed by atoms with Crippen molar-refractivity contribution in [3.8, 4) is 0 Å². The Kier molecular flexibility index (Phi) is 5.69. The molecule has 96 valence electrons. The fourth-order valence-electron chi connectivity index (χ4n) is 2.37. The highest BCUT2D eigenvalue weighted by atomic mass is 16.5. The van der Waals surface area contributed by atoms with Crippen LogP contribution in [-0.2, 0) is 9.47 Å². The number of nitrogens with zero attached hydrogens (tertiary/aromatic N) is 1. The van der Waals surface area contributed by atoms with Crippen LogP contribution in [0.4, 0.5) is 0 Å². The summed E-state index contributed by atoms with van der Waals surface area (Å²) in [5, 5.41) is 0. The monoisotopic (exact) mass is 230 g/mol. The lowest BCUT2D eigenvalue weighted by molar-refractivity contribution is -0.0164. The van der Waals surface area contributed by atoms with Gasteiger partial charge >= 0.3 is 0 Å². The van der Waals surface area contributed by atoms with Crippen LogP contribution < -0.4 is 5.73 Å². The standard InChI is InChI=1S/C12H26N2O2/c1-9-10(2)14(6-5-12(9)13)7-11(16-4)8-15-3/h9-12H,5-8,13H2,1-4H3. The molecule has 1 aliphatic rings. The predicted molar refractivity (Wildman–Crippen MR) is 65.5 cm³/mol. The second-order valence-corrected chi connectivity index (χ2v) is 4.86. The second kappa shape index (κ2) is 6.55. The van der Waals surface area contributed by atoms with Crippen LogP contribution in [0.15, 0.2) is 0 Å². The van der Waals surface area contributed by atoms with Gasteiger partial charge in [-0.05, 0) is 19.3 Å². The molecule has 1 saturated heterocycles. The van der Waals surface area contributed by atoms with E-state index in [9.17, 15) is 0 Å². The maximum absolute atomic E-state index is 6.07. The molecule has 0 amide bonds. The normalized spacial score (nSPS) is 33.9. The molecule has 0 saturated carbocycles. The first-order valence-electron chi connectivity index (χ1n) is 6.11. The topological polar surface area (TPSA) is 47.7 Å². The molecule has 0 aliphatic carbocycles. The molecule has 2 N–H and O–H groups in total. The van der Waals surface area contributed by atoms with E-state index in [1.165, 1.54) is 0 Å². The maximum Gasteiger partial charge on any atom is 0.0931 e. The van der Waals surface area contributed by atoms with Gasteiger partial charge in [-0.2, -0.15) is 0 Å². The molecule has 16 heavy (non-hydrogen) atoms. The Morgan fingerprint density at radius 2 is 2.06 bits per heavy atom. The van der Waals surface area contributed by atoms with E-state index in [1.807, 2.05) is 0 Å². The molecule has 1 heterocycles. The minimum absolute atomic E-state index is 0.161. The smallest absolute Gasteiger partial charge is 0.0931 e. The van der Waals surface area contributed by atoms with Crippen LogP contribution in [0, 0.1) is 5.92 Å². The Labute approximate surface area is 99.1 Å². The molecule has 4 atom stereocenters. The average Bonchev–Trinajstić information content (AvgIpc) is 2.29. The number of hydrogen-bond donors (Lipinski definition) is 1. The van der Waals surface area contributed by atoms with Crippen molar-refractivity contribution in [2.75, 3.05) is 33.9 Å². The molecule has 4 heteroatoms.